The van der Waals surface area contributed by atoms with Crippen molar-refractivity contribution in [1.82, 2.24) is 4.90 Å². The van der Waals surface area contributed by atoms with Gasteiger partial charge in [-0.05, 0) is 37.1 Å². The van der Waals surface area contributed by atoms with Crippen molar-refractivity contribution in [2.45, 2.75) is 26.9 Å². The van der Waals surface area contributed by atoms with E-state index in [1.54, 1.807) is 6.07 Å². The number of carbonyl (C=O) groups excluding carboxylic acids is 1. The number of benzene rings is 2. The Kier molecular flexibility index (Phi) is 3.62. The number of nitrogens with zero attached hydrogens (tertiary/aromatic N) is 1. The second-order valence-electron chi connectivity index (χ2n) is 6.43. The topological polar surface area (TPSA) is 38.8 Å². The van der Waals surface area contributed by atoms with Gasteiger partial charge in [0.05, 0.1) is 11.1 Å². The number of hydrogen-bond donors (Lipinski definition) is 0. The van der Waals surface area contributed by atoms with E-state index in [2.05, 4.69) is 17.0 Å². The Morgan fingerprint density at radius 3 is 2.67 bits per heavy atom. The van der Waals surface area contributed by atoms with E-state index in [0.29, 0.717) is 30.3 Å². The number of Topliss-reactive ketones (excluding diaryl/α,β-unsaturated/α-hetero) is 1. The summed E-state index contributed by atoms with van der Waals surface area (Å²) in [5, 5.41) is 0. The minimum Gasteiger partial charge on any atom is -0.478 e. The fraction of sp³-hybridized carbons (Fsp3) is 0.250. The largest absolute Gasteiger partial charge is 0.478 e. The van der Waals surface area contributed by atoms with Crippen LogP contribution in [0.15, 0.2) is 53.8 Å². The van der Waals surface area contributed by atoms with Crippen LogP contribution in [0.1, 0.15) is 35.3 Å². The number of rotatable bonds is 2. The van der Waals surface area contributed by atoms with E-state index in [-0.39, 0.29) is 5.78 Å². The minimum atomic E-state index is -0.0343. The molecule has 0 bridgehead atoms. The van der Waals surface area contributed by atoms with Crippen molar-refractivity contribution in [2.75, 3.05) is 6.73 Å². The second kappa shape index (κ2) is 5.80. The summed E-state index contributed by atoms with van der Waals surface area (Å²) in [4.78, 5) is 14.7. The van der Waals surface area contributed by atoms with E-state index < -0.39 is 0 Å². The maximum Gasteiger partial charge on any atom is 0.231 e. The molecule has 122 valence electrons. The van der Waals surface area contributed by atoms with Crippen LogP contribution in [-0.2, 0) is 13.1 Å². The van der Waals surface area contributed by atoms with Gasteiger partial charge in [-0.15, -0.1) is 0 Å². The fourth-order valence-corrected chi connectivity index (χ4v) is 3.16. The van der Waals surface area contributed by atoms with Crippen LogP contribution in [0.5, 0.6) is 11.5 Å². The number of hydrogen-bond acceptors (Lipinski definition) is 4. The number of fused-ring (bicyclic) bond motifs is 3. The first-order valence-electron chi connectivity index (χ1n) is 8.08. The van der Waals surface area contributed by atoms with Gasteiger partial charge < -0.3 is 9.47 Å². The number of ketones is 1. The van der Waals surface area contributed by atoms with Crippen molar-refractivity contribution in [1.29, 1.82) is 0 Å². The van der Waals surface area contributed by atoms with Crippen LogP contribution in [0.4, 0.5) is 0 Å². The number of allylic oxidation sites excluding steroid dienone is 2. The SMILES string of the molecule is CC(C)=C1Oc2c(ccc3c2CN(Cc2ccccc2)CO3)C1=O. The van der Waals surface area contributed by atoms with Gasteiger partial charge in [0.25, 0.3) is 0 Å². The Hall–Kier alpha value is -2.59. The highest BCUT2D eigenvalue weighted by Gasteiger charge is 2.34. The van der Waals surface area contributed by atoms with Crippen molar-refractivity contribution in [3.05, 3.63) is 70.5 Å². The molecule has 0 aliphatic carbocycles. The lowest BCUT2D eigenvalue weighted by Gasteiger charge is -2.29. The van der Waals surface area contributed by atoms with Crippen molar-refractivity contribution in [2.24, 2.45) is 0 Å². The van der Waals surface area contributed by atoms with Gasteiger partial charge in [0.1, 0.15) is 18.2 Å². The third kappa shape index (κ3) is 2.49. The molecule has 0 radical (unpaired) electrons. The molecule has 2 heterocycles. The molecule has 0 fully saturated rings. The number of ether oxygens (including phenoxy) is 2. The van der Waals surface area contributed by atoms with Crippen molar-refractivity contribution in [3.63, 3.8) is 0 Å². The summed E-state index contributed by atoms with van der Waals surface area (Å²) in [7, 11) is 0. The highest BCUT2D eigenvalue weighted by Crippen LogP contribution is 2.42. The van der Waals surface area contributed by atoms with E-state index in [0.717, 1.165) is 23.4 Å². The summed E-state index contributed by atoms with van der Waals surface area (Å²) in [6.07, 6.45) is 0. The van der Waals surface area contributed by atoms with Crippen LogP contribution in [-0.4, -0.2) is 17.4 Å². The Balaban J connectivity index is 1.65. The maximum atomic E-state index is 12.5. The molecule has 2 aromatic carbocycles. The smallest absolute Gasteiger partial charge is 0.231 e. The minimum absolute atomic E-state index is 0.0343. The van der Waals surface area contributed by atoms with Gasteiger partial charge in [0.2, 0.25) is 5.78 Å². The second-order valence-corrected chi connectivity index (χ2v) is 6.43. The summed E-state index contributed by atoms with van der Waals surface area (Å²) in [6.45, 7) is 5.82. The zero-order valence-electron chi connectivity index (χ0n) is 13.8. The highest BCUT2D eigenvalue weighted by molar-refractivity contribution is 6.13. The molecule has 0 aromatic heterocycles. The molecular formula is C20H19NO3. The Morgan fingerprint density at radius 2 is 1.92 bits per heavy atom. The zero-order valence-corrected chi connectivity index (χ0v) is 13.8. The van der Waals surface area contributed by atoms with Crippen LogP contribution in [0.3, 0.4) is 0 Å². The van der Waals surface area contributed by atoms with Gasteiger partial charge in [-0.2, -0.15) is 0 Å². The molecule has 4 heteroatoms. The van der Waals surface area contributed by atoms with E-state index in [9.17, 15) is 4.79 Å². The predicted molar refractivity (Wildman–Crippen MR) is 91.0 cm³/mol. The first-order chi connectivity index (χ1) is 11.6. The van der Waals surface area contributed by atoms with Crippen molar-refractivity contribution < 1.29 is 14.3 Å². The maximum absolute atomic E-state index is 12.5. The Bertz CT molecular complexity index is 835. The average molecular weight is 321 g/mol. The first kappa shape index (κ1) is 15.0. The quantitative estimate of drug-likeness (QED) is 0.786. The lowest BCUT2D eigenvalue weighted by atomic mass is 10.0. The molecule has 0 atom stereocenters. The van der Waals surface area contributed by atoms with Crippen LogP contribution in [0.25, 0.3) is 0 Å². The molecule has 24 heavy (non-hydrogen) atoms. The van der Waals surface area contributed by atoms with Gasteiger partial charge in [-0.25, -0.2) is 0 Å². The van der Waals surface area contributed by atoms with Gasteiger partial charge in [-0.1, -0.05) is 30.3 Å². The predicted octanol–water partition coefficient (Wildman–Crippen LogP) is 3.91. The zero-order chi connectivity index (χ0) is 16.7. The monoisotopic (exact) mass is 321 g/mol. The van der Waals surface area contributed by atoms with Crippen LogP contribution in [0, 0.1) is 0 Å². The third-order valence-corrected chi connectivity index (χ3v) is 4.36. The van der Waals surface area contributed by atoms with E-state index in [4.69, 9.17) is 9.47 Å². The molecule has 4 nitrogen and oxygen atoms in total. The third-order valence-electron chi connectivity index (χ3n) is 4.36. The molecule has 0 spiro atoms. The molecule has 2 aliphatic rings. The van der Waals surface area contributed by atoms with E-state index in [1.807, 2.05) is 38.1 Å². The first-order valence-corrected chi connectivity index (χ1v) is 8.08. The summed E-state index contributed by atoms with van der Waals surface area (Å²) >= 11 is 0. The van der Waals surface area contributed by atoms with Crippen LogP contribution >= 0.6 is 0 Å². The lowest BCUT2D eigenvalue weighted by molar-refractivity contribution is 0.0872. The Morgan fingerprint density at radius 1 is 1.12 bits per heavy atom. The summed E-state index contributed by atoms with van der Waals surface area (Å²) in [5.74, 6) is 1.87. The summed E-state index contributed by atoms with van der Waals surface area (Å²) in [5.41, 5.74) is 3.72. The lowest BCUT2D eigenvalue weighted by Crippen LogP contribution is -2.31. The van der Waals surface area contributed by atoms with Gasteiger partial charge in [0, 0.05) is 13.1 Å². The standard InChI is InChI=1S/C20H19NO3/c1-13(2)19-18(22)15-8-9-17-16(20(15)24-19)11-21(12-23-17)10-14-6-4-3-5-7-14/h3-9H,10-12H2,1-2H3. The molecule has 0 saturated carbocycles. The van der Waals surface area contributed by atoms with Crippen molar-refractivity contribution >= 4 is 5.78 Å². The van der Waals surface area contributed by atoms with Gasteiger partial charge >= 0.3 is 0 Å². The van der Waals surface area contributed by atoms with Crippen LogP contribution < -0.4 is 9.47 Å². The molecule has 4 rings (SSSR count). The molecule has 2 aromatic rings. The molecule has 0 N–H and O–H groups in total. The molecule has 2 aliphatic heterocycles. The summed E-state index contributed by atoms with van der Waals surface area (Å²) < 4.78 is 11.8. The van der Waals surface area contributed by atoms with E-state index in [1.165, 1.54) is 5.56 Å². The highest BCUT2D eigenvalue weighted by atomic mass is 16.5. The van der Waals surface area contributed by atoms with Gasteiger partial charge in [-0.3, -0.25) is 9.69 Å². The molecular weight excluding hydrogens is 302 g/mol. The molecule has 0 amide bonds. The number of carbonyl (C=O) groups is 1. The van der Waals surface area contributed by atoms with E-state index >= 15 is 0 Å². The summed E-state index contributed by atoms with van der Waals surface area (Å²) in [6, 6.07) is 14.0. The average Bonchev–Trinajstić information content (AvgIpc) is 2.93. The van der Waals surface area contributed by atoms with Gasteiger partial charge in [0.15, 0.2) is 5.76 Å². The normalized spacial score (nSPS) is 16.2. The van der Waals surface area contributed by atoms with Crippen LogP contribution in [0.2, 0.25) is 0 Å². The fourth-order valence-electron chi connectivity index (χ4n) is 3.16. The van der Waals surface area contributed by atoms with Crippen molar-refractivity contribution in [3.8, 4) is 11.5 Å². The molecule has 0 saturated heterocycles. The molecule has 0 unspecified atom stereocenters. The Labute approximate surface area is 141 Å².